The molecule has 1 aliphatic carbocycles. The third-order valence-corrected chi connectivity index (χ3v) is 5.04. The molecule has 0 atom stereocenters. The zero-order valence-electron chi connectivity index (χ0n) is 15.5. The molecule has 1 fully saturated rings. The van der Waals surface area contributed by atoms with E-state index in [1.807, 2.05) is 23.1 Å². The summed E-state index contributed by atoms with van der Waals surface area (Å²) in [4.78, 5) is 27.0. The van der Waals surface area contributed by atoms with Crippen molar-refractivity contribution in [3.63, 3.8) is 0 Å². The third-order valence-electron chi connectivity index (χ3n) is 5.04. The summed E-state index contributed by atoms with van der Waals surface area (Å²) in [5, 5.41) is 2.91. The number of fused-ring (bicyclic) bond motifs is 1. The first-order valence-corrected chi connectivity index (χ1v) is 9.08. The van der Waals surface area contributed by atoms with E-state index < -0.39 is 0 Å². The maximum absolute atomic E-state index is 12.7. The summed E-state index contributed by atoms with van der Waals surface area (Å²) in [6, 6.07) is 10.8. The number of benzene rings is 2. The summed E-state index contributed by atoms with van der Waals surface area (Å²) in [7, 11) is 3.09. The molecule has 6 heteroatoms. The van der Waals surface area contributed by atoms with Crippen LogP contribution in [0, 0.1) is 5.92 Å². The molecular weight excluding hydrogens is 344 g/mol. The highest BCUT2D eigenvalue weighted by atomic mass is 16.5. The minimum Gasteiger partial charge on any atom is -0.497 e. The maximum Gasteiger partial charge on any atom is 0.255 e. The number of methoxy groups -OCH3 is 2. The Balaban J connectivity index is 1.56. The van der Waals surface area contributed by atoms with E-state index in [-0.39, 0.29) is 17.7 Å². The minimum absolute atomic E-state index is 0.179. The number of amides is 2. The van der Waals surface area contributed by atoms with Crippen LogP contribution in [0.3, 0.4) is 0 Å². The molecule has 4 rings (SSSR count). The Labute approximate surface area is 158 Å². The lowest BCUT2D eigenvalue weighted by Crippen LogP contribution is -2.30. The third kappa shape index (κ3) is 3.47. The standard InChI is InChI=1S/C21H22N2O4/c1-26-17-9-15(10-18(12-17)27-2)20(24)22-16-6-5-13-7-8-23(19(13)11-16)21(25)14-3-4-14/h5-6,9-12,14H,3-4,7-8H2,1-2H3,(H,22,24). The molecule has 0 saturated heterocycles. The average molecular weight is 366 g/mol. The summed E-state index contributed by atoms with van der Waals surface area (Å²) in [5.74, 6) is 1.22. The molecule has 1 N–H and O–H groups in total. The van der Waals surface area contributed by atoms with Crippen LogP contribution in [0.1, 0.15) is 28.8 Å². The van der Waals surface area contributed by atoms with Crippen LogP contribution in [0.25, 0.3) is 0 Å². The zero-order chi connectivity index (χ0) is 19.0. The quantitative estimate of drug-likeness (QED) is 0.882. The van der Waals surface area contributed by atoms with Crippen LogP contribution in [0.15, 0.2) is 36.4 Å². The van der Waals surface area contributed by atoms with Gasteiger partial charge in [-0.15, -0.1) is 0 Å². The van der Waals surface area contributed by atoms with E-state index in [4.69, 9.17) is 9.47 Å². The lowest BCUT2D eigenvalue weighted by Gasteiger charge is -2.18. The van der Waals surface area contributed by atoms with Gasteiger partial charge in [-0.2, -0.15) is 0 Å². The van der Waals surface area contributed by atoms with Gasteiger partial charge >= 0.3 is 0 Å². The minimum atomic E-state index is -0.259. The van der Waals surface area contributed by atoms with Gasteiger partial charge in [0, 0.05) is 35.5 Å². The number of hydrogen-bond donors (Lipinski definition) is 1. The molecule has 6 nitrogen and oxygen atoms in total. The summed E-state index contributed by atoms with van der Waals surface area (Å²) >= 11 is 0. The normalized spacial score (nSPS) is 15.3. The Hall–Kier alpha value is -3.02. The van der Waals surface area contributed by atoms with Crippen molar-refractivity contribution in [2.75, 3.05) is 31.0 Å². The van der Waals surface area contributed by atoms with Crippen molar-refractivity contribution in [2.45, 2.75) is 19.3 Å². The van der Waals surface area contributed by atoms with E-state index in [1.54, 1.807) is 32.4 Å². The van der Waals surface area contributed by atoms with Gasteiger partial charge in [-0.1, -0.05) is 6.07 Å². The van der Waals surface area contributed by atoms with Crippen LogP contribution >= 0.6 is 0 Å². The second kappa shape index (κ2) is 6.95. The maximum atomic E-state index is 12.7. The molecule has 27 heavy (non-hydrogen) atoms. The molecule has 2 aromatic carbocycles. The van der Waals surface area contributed by atoms with Gasteiger partial charge in [0.2, 0.25) is 5.91 Å². The van der Waals surface area contributed by atoms with Gasteiger partial charge in [-0.05, 0) is 49.1 Å². The fourth-order valence-corrected chi connectivity index (χ4v) is 3.38. The van der Waals surface area contributed by atoms with E-state index in [0.717, 1.165) is 37.1 Å². The molecule has 1 saturated carbocycles. The van der Waals surface area contributed by atoms with Crippen LogP contribution < -0.4 is 19.7 Å². The van der Waals surface area contributed by atoms with Gasteiger partial charge in [-0.25, -0.2) is 0 Å². The first-order valence-electron chi connectivity index (χ1n) is 9.08. The highest BCUT2D eigenvalue weighted by Gasteiger charge is 2.36. The summed E-state index contributed by atoms with van der Waals surface area (Å²) in [6.45, 7) is 0.717. The van der Waals surface area contributed by atoms with Crippen LogP contribution in [0.4, 0.5) is 11.4 Å². The lowest BCUT2D eigenvalue weighted by molar-refractivity contribution is -0.119. The predicted molar refractivity (Wildman–Crippen MR) is 103 cm³/mol. The largest absolute Gasteiger partial charge is 0.497 e. The van der Waals surface area contributed by atoms with Gasteiger partial charge in [0.1, 0.15) is 11.5 Å². The van der Waals surface area contributed by atoms with Crippen molar-refractivity contribution < 1.29 is 19.1 Å². The smallest absolute Gasteiger partial charge is 0.255 e. The molecule has 140 valence electrons. The van der Waals surface area contributed by atoms with Gasteiger partial charge in [0.15, 0.2) is 0 Å². The fourth-order valence-electron chi connectivity index (χ4n) is 3.38. The van der Waals surface area contributed by atoms with Gasteiger partial charge in [0.25, 0.3) is 5.91 Å². The van der Waals surface area contributed by atoms with Crippen molar-refractivity contribution in [1.29, 1.82) is 0 Å². The van der Waals surface area contributed by atoms with Crippen LogP contribution in [0.2, 0.25) is 0 Å². The van der Waals surface area contributed by atoms with Gasteiger partial charge < -0.3 is 19.7 Å². The number of carbonyl (C=O) groups excluding carboxylic acids is 2. The predicted octanol–water partition coefficient (Wildman–Crippen LogP) is 3.26. The molecule has 1 heterocycles. The molecule has 0 unspecified atom stereocenters. The molecule has 1 aliphatic heterocycles. The number of rotatable bonds is 5. The second-order valence-electron chi connectivity index (χ2n) is 6.91. The van der Waals surface area contributed by atoms with Crippen molar-refractivity contribution in [1.82, 2.24) is 0 Å². The molecule has 2 amide bonds. The molecule has 0 bridgehead atoms. The van der Waals surface area contributed by atoms with E-state index in [2.05, 4.69) is 5.32 Å². The van der Waals surface area contributed by atoms with E-state index in [1.165, 1.54) is 0 Å². The number of anilines is 2. The average Bonchev–Trinajstić information content (AvgIpc) is 3.46. The zero-order valence-corrected chi connectivity index (χ0v) is 15.5. The van der Waals surface area contributed by atoms with Crippen LogP contribution in [-0.4, -0.2) is 32.6 Å². The van der Waals surface area contributed by atoms with E-state index >= 15 is 0 Å². The van der Waals surface area contributed by atoms with Gasteiger partial charge in [0.05, 0.1) is 14.2 Å². The van der Waals surface area contributed by atoms with Crippen molar-refractivity contribution in [3.8, 4) is 11.5 Å². The first kappa shape index (κ1) is 17.4. The molecule has 2 aromatic rings. The van der Waals surface area contributed by atoms with Crippen LogP contribution in [0.5, 0.6) is 11.5 Å². The molecule has 2 aliphatic rings. The number of hydrogen-bond acceptors (Lipinski definition) is 4. The molecule has 0 spiro atoms. The van der Waals surface area contributed by atoms with Crippen molar-refractivity contribution in [2.24, 2.45) is 5.92 Å². The molecular formula is C21H22N2O4. The summed E-state index contributed by atoms with van der Waals surface area (Å²) in [5.41, 5.74) is 3.16. The Morgan fingerprint density at radius 1 is 1.04 bits per heavy atom. The van der Waals surface area contributed by atoms with Crippen molar-refractivity contribution in [3.05, 3.63) is 47.5 Å². The Kier molecular flexibility index (Phi) is 4.48. The Bertz CT molecular complexity index is 883. The van der Waals surface area contributed by atoms with Crippen molar-refractivity contribution >= 4 is 23.2 Å². The highest BCUT2D eigenvalue weighted by molar-refractivity contribution is 6.05. The molecule has 0 aromatic heterocycles. The van der Waals surface area contributed by atoms with E-state index in [9.17, 15) is 9.59 Å². The monoisotopic (exact) mass is 366 g/mol. The van der Waals surface area contributed by atoms with E-state index in [0.29, 0.717) is 22.7 Å². The second-order valence-corrected chi connectivity index (χ2v) is 6.91. The van der Waals surface area contributed by atoms with Crippen LogP contribution in [-0.2, 0) is 11.2 Å². The topological polar surface area (TPSA) is 67.9 Å². The van der Waals surface area contributed by atoms with Gasteiger partial charge in [-0.3, -0.25) is 9.59 Å². The fraction of sp³-hybridized carbons (Fsp3) is 0.333. The number of ether oxygens (including phenoxy) is 2. The summed E-state index contributed by atoms with van der Waals surface area (Å²) in [6.07, 6.45) is 2.83. The lowest BCUT2D eigenvalue weighted by atomic mass is 10.1. The SMILES string of the molecule is COc1cc(OC)cc(C(=O)Nc2ccc3c(c2)N(C(=O)C2CC2)CC3)c1. The number of nitrogens with one attached hydrogen (secondary N) is 1. The number of nitrogens with zero attached hydrogens (tertiary/aromatic N) is 1. The highest BCUT2D eigenvalue weighted by Crippen LogP contribution is 2.37. The summed E-state index contributed by atoms with van der Waals surface area (Å²) < 4.78 is 10.4. The molecule has 0 radical (unpaired) electrons. The number of carbonyl (C=O) groups is 2. The Morgan fingerprint density at radius 3 is 2.37 bits per heavy atom. The first-order chi connectivity index (χ1) is 13.1. The Morgan fingerprint density at radius 2 is 1.74 bits per heavy atom.